The molecule has 0 aliphatic rings. The summed E-state index contributed by atoms with van der Waals surface area (Å²) in [5.74, 6) is -0.219. The van der Waals surface area contributed by atoms with Crippen LogP contribution in [0.2, 0.25) is 0 Å². The van der Waals surface area contributed by atoms with E-state index in [2.05, 4.69) is 4.98 Å². The van der Waals surface area contributed by atoms with Gasteiger partial charge in [0.25, 0.3) is 0 Å². The molecule has 4 nitrogen and oxygen atoms in total. The molecule has 1 heterocycles. The normalized spacial score (nSPS) is 9.89. The van der Waals surface area contributed by atoms with Gasteiger partial charge in [-0.25, -0.2) is 0 Å². The highest BCUT2D eigenvalue weighted by Gasteiger charge is 2.17. The lowest BCUT2D eigenvalue weighted by Crippen LogP contribution is -2.08. The number of nitrogens with two attached hydrogens (primary N) is 1. The topological polar surface area (TPSA) is 79.8 Å². The third kappa shape index (κ3) is 2.75. The summed E-state index contributed by atoms with van der Waals surface area (Å²) >= 11 is 0.941. The fourth-order valence-corrected chi connectivity index (χ4v) is 2.21. The number of hydrogen-bond acceptors (Lipinski definition) is 5. The third-order valence-corrected chi connectivity index (χ3v) is 3.30. The SMILES string of the molecule is Cc1cccnc1C(=O)c1cc(N)ccc1SC#N. The van der Waals surface area contributed by atoms with E-state index in [-0.39, 0.29) is 5.78 Å². The van der Waals surface area contributed by atoms with Crippen LogP contribution in [0.4, 0.5) is 5.69 Å². The van der Waals surface area contributed by atoms with E-state index < -0.39 is 0 Å². The summed E-state index contributed by atoms with van der Waals surface area (Å²) in [6.07, 6.45) is 1.57. The van der Waals surface area contributed by atoms with Crippen molar-refractivity contribution in [3.8, 4) is 5.40 Å². The summed E-state index contributed by atoms with van der Waals surface area (Å²) in [4.78, 5) is 17.2. The molecule has 0 saturated carbocycles. The van der Waals surface area contributed by atoms with Crippen LogP contribution in [0.25, 0.3) is 0 Å². The number of hydrogen-bond donors (Lipinski definition) is 1. The van der Waals surface area contributed by atoms with Crippen LogP contribution in [-0.2, 0) is 0 Å². The zero-order valence-corrected chi connectivity index (χ0v) is 11.1. The Morgan fingerprint density at radius 3 is 2.89 bits per heavy atom. The van der Waals surface area contributed by atoms with Gasteiger partial charge in [0, 0.05) is 22.3 Å². The van der Waals surface area contributed by atoms with Crippen molar-refractivity contribution in [2.45, 2.75) is 11.8 Å². The Bertz CT molecular complexity index is 677. The second kappa shape index (κ2) is 5.55. The van der Waals surface area contributed by atoms with Crippen molar-refractivity contribution < 1.29 is 4.79 Å². The predicted octanol–water partition coefficient (Wildman–Crippen LogP) is 2.78. The van der Waals surface area contributed by atoms with Crippen molar-refractivity contribution in [1.82, 2.24) is 4.98 Å². The van der Waals surface area contributed by atoms with E-state index in [9.17, 15) is 4.79 Å². The van der Waals surface area contributed by atoms with Gasteiger partial charge in [-0.1, -0.05) is 6.07 Å². The Labute approximate surface area is 115 Å². The molecule has 1 aromatic carbocycles. The molecule has 5 heteroatoms. The van der Waals surface area contributed by atoms with Gasteiger partial charge in [0.05, 0.1) is 0 Å². The molecule has 0 aliphatic heterocycles. The van der Waals surface area contributed by atoms with Crippen LogP contribution in [-0.4, -0.2) is 10.8 Å². The van der Waals surface area contributed by atoms with Gasteiger partial charge in [-0.05, 0) is 48.5 Å². The van der Waals surface area contributed by atoms with Gasteiger partial charge in [-0.3, -0.25) is 9.78 Å². The minimum Gasteiger partial charge on any atom is -0.399 e. The zero-order chi connectivity index (χ0) is 13.8. The summed E-state index contributed by atoms with van der Waals surface area (Å²) in [6.45, 7) is 1.82. The molecule has 2 rings (SSSR count). The number of aromatic nitrogens is 1. The van der Waals surface area contributed by atoms with Crippen LogP contribution in [0, 0.1) is 17.6 Å². The minimum atomic E-state index is -0.219. The number of carbonyl (C=O) groups is 1. The van der Waals surface area contributed by atoms with Crippen molar-refractivity contribution in [1.29, 1.82) is 5.26 Å². The molecule has 0 fully saturated rings. The molecule has 0 amide bonds. The zero-order valence-electron chi connectivity index (χ0n) is 10.3. The fraction of sp³-hybridized carbons (Fsp3) is 0.0714. The van der Waals surface area contributed by atoms with Crippen molar-refractivity contribution in [3.63, 3.8) is 0 Å². The largest absolute Gasteiger partial charge is 0.399 e. The quantitative estimate of drug-likeness (QED) is 0.401. The first kappa shape index (κ1) is 13.1. The van der Waals surface area contributed by atoms with Crippen molar-refractivity contribution in [2.75, 3.05) is 5.73 Å². The molecule has 19 heavy (non-hydrogen) atoms. The highest BCUT2D eigenvalue weighted by molar-refractivity contribution is 8.03. The van der Waals surface area contributed by atoms with Gasteiger partial charge in [0.15, 0.2) is 0 Å². The predicted molar refractivity (Wildman–Crippen MR) is 74.7 cm³/mol. The summed E-state index contributed by atoms with van der Waals surface area (Å²) in [7, 11) is 0. The second-order valence-electron chi connectivity index (χ2n) is 3.95. The number of rotatable bonds is 3. The minimum absolute atomic E-state index is 0.219. The average Bonchev–Trinajstić information content (AvgIpc) is 2.41. The van der Waals surface area contributed by atoms with Crippen LogP contribution in [0.15, 0.2) is 41.4 Å². The number of thiocyanates is 1. The van der Waals surface area contributed by atoms with Crippen LogP contribution < -0.4 is 5.73 Å². The van der Waals surface area contributed by atoms with Crippen molar-refractivity contribution in [3.05, 3.63) is 53.3 Å². The van der Waals surface area contributed by atoms with E-state index in [0.717, 1.165) is 17.3 Å². The highest BCUT2D eigenvalue weighted by atomic mass is 32.2. The molecule has 0 aliphatic carbocycles. The Hall–Kier alpha value is -2.32. The van der Waals surface area contributed by atoms with Crippen LogP contribution in [0.1, 0.15) is 21.6 Å². The Balaban J connectivity index is 2.53. The Morgan fingerprint density at radius 2 is 2.21 bits per heavy atom. The van der Waals surface area contributed by atoms with E-state index in [1.807, 2.05) is 18.4 Å². The maximum atomic E-state index is 12.5. The lowest BCUT2D eigenvalue weighted by molar-refractivity contribution is 0.103. The molecule has 2 N–H and O–H groups in total. The number of ketones is 1. The fourth-order valence-electron chi connectivity index (χ4n) is 1.71. The number of nitrogens with zero attached hydrogens (tertiary/aromatic N) is 2. The monoisotopic (exact) mass is 269 g/mol. The summed E-state index contributed by atoms with van der Waals surface area (Å²) in [5.41, 5.74) is 7.79. The van der Waals surface area contributed by atoms with Crippen LogP contribution in [0.5, 0.6) is 0 Å². The molecule has 0 saturated heterocycles. The van der Waals surface area contributed by atoms with Gasteiger partial charge in [-0.2, -0.15) is 5.26 Å². The average molecular weight is 269 g/mol. The van der Waals surface area contributed by atoms with Gasteiger partial charge in [0.2, 0.25) is 5.78 Å². The van der Waals surface area contributed by atoms with Crippen LogP contribution >= 0.6 is 11.8 Å². The van der Waals surface area contributed by atoms with Gasteiger partial charge < -0.3 is 5.73 Å². The Morgan fingerprint density at radius 1 is 1.42 bits per heavy atom. The summed E-state index contributed by atoms with van der Waals surface area (Å²) in [5, 5.41) is 10.7. The second-order valence-corrected chi connectivity index (χ2v) is 4.77. The number of pyridine rings is 1. The highest BCUT2D eigenvalue weighted by Crippen LogP contribution is 2.26. The Kier molecular flexibility index (Phi) is 3.83. The van der Waals surface area contributed by atoms with Crippen LogP contribution in [0.3, 0.4) is 0 Å². The first-order valence-corrected chi connectivity index (χ1v) is 6.37. The molecule has 1 aromatic heterocycles. The number of aryl methyl sites for hydroxylation is 1. The molecule has 0 bridgehead atoms. The van der Waals surface area contributed by atoms with Gasteiger partial charge >= 0.3 is 0 Å². The molecule has 0 unspecified atom stereocenters. The van der Waals surface area contributed by atoms with E-state index in [1.165, 1.54) is 0 Å². The lowest BCUT2D eigenvalue weighted by atomic mass is 10.0. The summed E-state index contributed by atoms with van der Waals surface area (Å²) in [6, 6.07) is 8.52. The number of carbonyl (C=O) groups excluding carboxylic acids is 1. The maximum absolute atomic E-state index is 12.5. The number of thioether (sulfide) groups is 1. The standard InChI is InChI=1S/C14H11N3OS/c1-9-3-2-6-17-13(9)14(18)11-7-10(16)4-5-12(11)19-8-15/h2-7H,16H2,1H3. The van der Waals surface area contributed by atoms with E-state index in [4.69, 9.17) is 11.0 Å². The molecular weight excluding hydrogens is 258 g/mol. The first-order chi connectivity index (χ1) is 9.13. The molecule has 0 radical (unpaired) electrons. The number of anilines is 1. The third-order valence-electron chi connectivity index (χ3n) is 2.63. The lowest BCUT2D eigenvalue weighted by Gasteiger charge is -2.07. The van der Waals surface area contributed by atoms with E-state index in [0.29, 0.717) is 21.8 Å². The number of benzene rings is 1. The number of nitrogen functional groups attached to an aromatic ring is 1. The number of nitriles is 1. The van der Waals surface area contributed by atoms with Crippen molar-refractivity contribution >= 4 is 23.2 Å². The van der Waals surface area contributed by atoms with E-state index in [1.54, 1.807) is 30.5 Å². The molecule has 2 aromatic rings. The first-order valence-electron chi connectivity index (χ1n) is 5.55. The maximum Gasteiger partial charge on any atom is 0.212 e. The molecular formula is C14H11N3OS. The van der Waals surface area contributed by atoms with Gasteiger partial charge in [-0.15, -0.1) is 0 Å². The molecule has 94 valence electrons. The van der Waals surface area contributed by atoms with E-state index >= 15 is 0 Å². The smallest absolute Gasteiger partial charge is 0.212 e. The molecule has 0 spiro atoms. The summed E-state index contributed by atoms with van der Waals surface area (Å²) < 4.78 is 0. The van der Waals surface area contributed by atoms with Gasteiger partial charge in [0.1, 0.15) is 11.1 Å². The molecule has 0 atom stereocenters. The van der Waals surface area contributed by atoms with Crippen molar-refractivity contribution in [2.24, 2.45) is 0 Å².